The Hall–Kier alpha value is -2.04. The fourth-order valence-corrected chi connectivity index (χ4v) is 2.05. The molecule has 5 nitrogen and oxygen atoms in total. The van der Waals surface area contributed by atoms with Crippen LogP contribution in [-0.2, 0) is 20.7 Å². The smallest absolute Gasteiger partial charge is 0.325 e. The summed E-state index contributed by atoms with van der Waals surface area (Å²) in [7, 11) is 1.58. The molecule has 21 heavy (non-hydrogen) atoms. The Balaban J connectivity index is 2.74. The Morgan fingerprint density at radius 3 is 2.52 bits per heavy atom. The quantitative estimate of drug-likeness (QED) is 0.688. The Kier molecular flexibility index (Phi) is 7.29. The van der Waals surface area contributed by atoms with E-state index >= 15 is 0 Å². The van der Waals surface area contributed by atoms with Crippen LogP contribution < -0.4 is 4.74 Å². The number of benzene rings is 1. The first-order chi connectivity index (χ1) is 10.1. The third kappa shape index (κ3) is 5.45. The van der Waals surface area contributed by atoms with E-state index in [1.165, 1.54) is 4.90 Å². The van der Waals surface area contributed by atoms with Crippen LogP contribution in [0.25, 0.3) is 0 Å². The molecule has 0 spiro atoms. The summed E-state index contributed by atoms with van der Waals surface area (Å²) < 4.78 is 10.1. The second-order valence-corrected chi connectivity index (χ2v) is 4.61. The summed E-state index contributed by atoms with van der Waals surface area (Å²) in [6, 6.07) is 7.39. The molecule has 116 valence electrons. The molecule has 1 amide bonds. The van der Waals surface area contributed by atoms with Gasteiger partial charge in [-0.05, 0) is 19.4 Å². The molecule has 0 heterocycles. The van der Waals surface area contributed by atoms with E-state index in [0.717, 1.165) is 12.0 Å². The van der Waals surface area contributed by atoms with Crippen molar-refractivity contribution in [3.8, 4) is 5.75 Å². The van der Waals surface area contributed by atoms with Gasteiger partial charge in [0.05, 0.1) is 20.1 Å². The predicted octanol–water partition coefficient (Wildman–Crippen LogP) is 2.04. The Morgan fingerprint density at radius 2 is 1.90 bits per heavy atom. The summed E-state index contributed by atoms with van der Waals surface area (Å²) in [6.07, 6.45) is 1.00. The van der Waals surface area contributed by atoms with Crippen molar-refractivity contribution in [2.45, 2.75) is 26.7 Å². The molecule has 0 saturated heterocycles. The molecule has 0 saturated carbocycles. The molecular formula is C16H23NO4. The normalized spacial score (nSPS) is 10.0. The predicted molar refractivity (Wildman–Crippen MR) is 80.2 cm³/mol. The van der Waals surface area contributed by atoms with E-state index in [1.54, 1.807) is 14.0 Å². The van der Waals surface area contributed by atoms with Gasteiger partial charge in [0, 0.05) is 12.1 Å². The van der Waals surface area contributed by atoms with Gasteiger partial charge in [0.2, 0.25) is 5.91 Å². The van der Waals surface area contributed by atoms with Crippen LogP contribution in [0.3, 0.4) is 0 Å². The van der Waals surface area contributed by atoms with Gasteiger partial charge in [-0.2, -0.15) is 0 Å². The van der Waals surface area contributed by atoms with Crippen molar-refractivity contribution in [3.05, 3.63) is 29.8 Å². The average molecular weight is 293 g/mol. The van der Waals surface area contributed by atoms with Gasteiger partial charge in [0.15, 0.2) is 0 Å². The van der Waals surface area contributed by atoms with Crippen LogP contribution in [-0.4, -0.2) is 43.6 Å². The Labute approximate surface area is 125 Å². The summed E-state index contributed by atoms with van der Waals surface area (Å²) in [5.41, 5.74) is 0.815. The number of methoxy groups -OCH3 is 1. The average Bonchev–Trinajstić information content (AvgIpc) is 2.47. The molecule has 0 aromatic heterocycles. The maximum absolute atomic E-state index is 12.4. The van der Waals surface area contributed by atoms with E-state index < -0.39 is 0 Å². The zero-order chi connectivity index (χ0) is 15.7. The minimum Gasteiger partial charge on any atom is -0.496 e. The van der Waals surface area contributed by atoms with E-state index in [4.69, 9.17) is 9.47 Å². The van der Waals surface area contributed by atoms with Crippen molar-refractivity contribution in [1.29, 1.82) is 0 Å². The lowest BCUT2D eigenvalue weighted by Gasteiger charge is -2.21. The van der Waals surface area contributed by atoms with Crippen LogP contribution in [0, 0.1) is 0 Å². The van der Waals surface area contributed by atoms with Gasteiger partial charge in [-0.1, -0.05) is 25.1 Å². The first kappa shape index (κ1) is 17.0. The van der Waals surface area contributed by atoms with Crippen molar-refractivity contribution in [2.24, 2.45) is 0 Å². The van der Waals surface area contributed by atoms with E-state index in [2.05, 4.69) is 0 Å². The zero-order valence-corrected chi connectivity index (χ0v) is 12.9. The molecule has 1 aromatic rings. The molecule has 1 aromatic carbocycles. The lowest BCUT2D eigenvalue weighted by Crippen LogP contribution is -2.38. The maximum atomic E-state index is 12.4. The van der Waals surface area contributed by atoms with Crippen molar-refractivity contribution >= 4 is 11.9 Å². The number of carbonyl (C=O) groups is 2. The Morgan fingerprint density at radius 1 is 1.19 bits per heavy atom. The SMILES string of the molecule is CCCN(CC(=O)OCC)C(=O)Cc1ccccc1OC. The standard InChI is InChI=1S/C16H23NO4/c1-4-10-17(12-16(19)21-5-2)15(18)11-13-8-6-7-9-14(13)20-3/h6-9H,4-5,10-12H2,1-3H3. The van der Waals surface area contributed by atoms with Gasteiger partial charge in [-0.3, -0.25) is 9.59 Å². The van der Waals surface area contributed by atoms with Crippen LogP contribution in [0.2, 0.25) is 0 Å². The third-order valence-electron chi connectivity index (χ3n) is 3.01. The first-order valence-electron chi connectivity index (χ1n) is 7.17. The number of ether oxygens (including phenoxy) is 2. The highest BCUT2D eigenvalue weighted by Crippen LogP contribution is 2.18. The molecule has 0 N–H and O–H groups in total. The molecule has 0 fully saturated rings. The molecule has 0 bridgehead atoms. The summed E-state index contributed by atoms with van der Waals surface area (Å²) >= 11 is 0. The van der Waals surface area contributed by atoms with Crippen molar-refractivity contribution in [3.63, 3.8) is 0 Å². The second-order valence-electron chi connectivity index (χ2n) is 4.61. The molecular weight excluding hydrogens is 270 g/mol. The number of carbonyl (C=O) groups excluding carboxylic acids is 2. The lowest BCUT2D eigenvalue weighted by atomic mass is 10.1. The fourth-order valence-electron chi connectivity index (χ4n) is 2.05. The van der Waals surface area contributed by atoms with Crippen LogP contribution in [0.5, 0.6) is 5.75 Å². The summed E-state index contributed by atoms with van der Waals surface area (Å²) in [5.74, 6) is 0.201. The number of hydrogen-bond donors (Lipinski definition) is 0. The summed E-state index contributed by atoms with van der Waals surface area (Å²) in [4.78, 5) is 25.5. The number of hydrogen-bond acceptors (Lipinski definition) is 4. The highest BCUT2D eigenvalue weighted by molar-refractivity contribution is 5.84. The second kappa shape index (κ2) is 9.00. The van der Waals surface area contributed by atoms with Crippen molar-refractivity contribution in [2.75, 3.05) is 26.8 Å². The molecule has 1 rings (SSSR count). The van der Waals surface area contributed by atoms with E-state index in [0.29, 0.717) is 18.9 Å². The first-order valence-corrected chi connectivity index (χ1v) is 7.17. The zero-order valence-electron chi connectivity index (χ0n) is 12.9. The lowest BCUT2D eigenvalue weighted by molar-refractivity contribution is -0.148. The molecule has 0 radical (unpaired) electrons. The van der Waals surface area contributed by atoms with E-state index in [9.17, 15) is 9.59 Å². The van der Waals surface area contributed by atoms with Crippen molar-refractivity contribution < 1.29 is 19.1 Å². The maximum Gasteiger partial charge on any atom is 0.325 e. The molecule has 5 heteroatoms. The van der Waals surface area contributed by atoms with Gasteiger partial charge in [-0.25, -0.2) is 0 Å². The largest absolute Gasteiger partial charge is 0.496 e. The topological polar surface area (TPSA) is 55.8 Å². The number of amides is 1. The summed E-state index contributed by atoms with van der Waals surface area (Å²) in [5, 5.41) is 0. The molecule has 0 unspecified atom stereocenters. The minimum atomic E-state index is -0.376. The number of para-hydroxylation sites is 1. The van der Waals surface area contributed by atoms with Crippen LogP contribution in [0.1, 0.15) is 25.8 Å². The Bertz CT molecular complexity index is 473. The van der Waals surface area contributed by atoms with Gasteiger partial charge >= 0.3 is 5.97 Å². The molecule has 0 aliphatic rings. The molecule has 0 atom stereocenters. The summed E-state index contributed by atoms with van der Waals surface area (Å²) in [6.45, 7) is 4.56. The fraction of sp³-hybridized carbons (Fsp3) is 0.500. The van der Waals surface area contributed by atoms with Gasteiger partial charge in [-0.15, -0.1) is 0 Å². The highest BCUT2D eigenvalue weighted by Gasteiger charge is 2.18. The molecule has 0 aliphatic heterocycles. The van der Waals surface area contributed by atoms with Crippen LogP contribution in [0.15, 0.2) is 24.3 Å². The molecule has 0 aliphatic carbocycles. The number of nitrogens with zero attached hydrogens (tertiary/aromatic N) is 1. The van der Waals surface area contributed by atoms with Gasteiger partial charge < -0.3 is 14.4 Å². The monoisotopic (exact) mass is 293 g/mol. The van der Waals surface area contributed by atoms with E-state index in [1.807, 2.05) is 31.2 Å². The van der Waals surface area contributed by atoms with Crippen molar-refractivity contribution in [1.82, 2.24) is 4.90 Å². The number of rotatable bonds is 8. The van der Waals surface area contributed by atoms with Gasteiger partial charge in [0.1, 0.15) is 12.3 Å². The van der Waals surface area contributed by atoms with Gasteiger partial charge in [0.25, 0.3) is 0 Å². The number of esters is 1. The van der Waals surface area contributed by atoms with E-state index in [-0.39, 0.29) is 24.8 Å². The highest BCUT2D eigenvalue weighted by atomic mass is 16.5. The third-order valence-corrected chi connectivity index (χ3v) is 3.01. The minimum absolute atomic E-state index is 0.00430. The van der Waals surface area contributed by atoms with Crippen LogP contribution in [0.4, 0.5) is 0 Å². The van der Waals surface area contributed by atoms with Crippen LogP contribution >= 0.6 is 0 Å².